The molecule has 7 heteroatoms. The number of amides is 1. The van der Waals surface area contributed by atoms with E-state index in [1.54, 1.807) is 6.20 Å². The Hall–Kier alpha value is -1.47. The summed E-state index contributed by atoms with van der Waals surface area (Å²) < 4.78 is 5.30. The number of thiazole rings is 1. The standard InChI is InChI=1S/C16H18ClN3O2S/c1-10-6-12(17)3-2-11(10)7-13-8-19-16(23-13)20-15(21)14-9-22-5-4-18-14/h2-3,6,8,14,18H,4-5,7,9H2,1H3,(H,19,20,21). The SMILES string of the molecule is Cc1cc(Cl)ccc1Cc1cnc(NC(=O)C2COCCN2)s1. The minimum Gasteiger partial charge on any atom is -0.378 e. The Labute approximate surface area is 144 Å². The highest BCUT2D eigenvalue weighted by molar-refractivity contribution is 7.15. The number of hydrogen-bond donors (Lipinski definition) is 2. The average Bonchev–Trinajstić information content (AvgIpc) is 2.98. The molecule has 1 unspecified atom stereocenters. The highest BCUT2D eigenvalue weighted by Gasteiger charge is 2.22. The van der Waals surface area contributed by atoms with Gasteiger partial charge >= 0.3 is 0 Å². The lowest BCUT2D eigenvalue weighted by molar-refractivity contribution is -0.120. The normalized spacial score (nSPS) is 17.9. The maximum atomic E-state index is 12.1. The van der Waals surface area contributed by atoms with Crippen LogP contribution in [0.1, 0.15) is 16.0 Å². The molecule has 0 aliphatic carbocycles. The van der Waals surface area contributed by atoms with Gasteiger partial charge in [-0.2, -0.15) is 0 Å². The molecule has 1 fully saturated rings. The topological polar surface area (TPSA) is 63.2 Å². The fraction of sp³-hybridized carbons (Fsp3) is 0.375. The van der Waals surface area contributed by atoms with E-state index in [1.165, 1.54) is 16.9 Å². The molecule has 0 radical (unpaired) electrons. The van der Waals surface area contributed by atoms with Crippen molar-refractivity contribution in [1.29, 1.82) is 0 Å². The van der Waals surface area contributed by atoms with Gasteiger partial charge in [-0.05, 0) is 30.2 Å². The van der Waals surface area contributed by atoms with Crippen LogP contribution >= 0.6 is 22.9 Å². The van der Waals surface area contributed by atoms with Crippen molar-refractivity contribution >= 4 is 34.0 Å². The summed E-state index contributed by atoms with van der Waals surface area (Å²) in [5.41, 5.74) is 2.36. The van der Waals surface area contributed by atoms with Gasteiger partial charge in [-0.1, -0.05) is 17.7 Å². The van der Waals surface area contributed by atoms with Crippen LogP contribution < -0.4 is 10.6 Å². The largest absolute Gasteiger partial charge is 0.378 e. The number of halogens is 1. The highest BCUT2D eigenvalue weighted by atomic mass is 35.5. The molecule has 0 saturated carbocycles. The number of ether oxygens (including phenoxy) is 1. The monoisotopic (exact) mass is 351 g/mol. The molecule has 2 N–H and O–H groups in total. The summed E-state index contributed by atoms with van der Waals surface area (Å²) in [5.74, 6) is -0.103. The molecule has 2 heterocycles. The highest BCUT2D eigenvalue weighted by Crippen LogP contribution is 2.24. The van der Waals surface area contributed by atoms with E-state index in [4.69, 9.17) is 16.3 Å². The van der Waals surface area contributed by atoms with Crippen molar-refractivity contribution in [3.8, 4) is 0 Å². The Balaban J connectivity index is 1.62. The molecule has 1 aromatic carbocycles. The second-order valence-electron chi connectivity index (χ2n) is 5.45. The zero-order chi connectivity index (χ0) is 16.2. The molecule has 122 valence electrons. The number of aromatic nitrogens is 1. The van der Waals surface area contributed by atoms with Crippen molar-refractivity contribution in [2.75, 3.05) is 25.1 Å². The number of carbonyl (C=O) groups excluding carboxylic acids is 1. The van der Waals surface area contributed by atoms with E-state index in [2.05, 4.69) is 15.6 Å². The Kier molecular flexibility index (Phi) is 5.27. The maximum absolute atomic E-state index is 12.1. The number of rotatable bonds is 4. The minimum absolute atomic E-state index is 0.103. The quantitative estimate of drug-likeness (QED) is 0.888. The summed E-state index contributed by atoms with van der Waals surface area (Å²) in [7, 11) is 0. The number of nitrogens with one attached hydrogen (secondary N) is 2. The van der Waals surface area contributed by atoms with Gasteiger partial charge in [0.1, 0.15) is 6.04 Å². The Bertz CT molecular complexity index is 698. The molecule has 0 spiro atoms. The molecule has 1 atom stereocenters. The summed E-state index contributed by atoms with van der Waals surface area (Å²) in [6.07, 6.45) is 2.58. The van der Waals surface area contributed by atoms with Crippen LogP contribution in [0.4, 0.5) is 5.13 Å². The molecule has 2 aromatic rings. The van der Waals surface area contributed by atoms with Crippen LogP contribution in [0.5, 0.6) is 0 Å². The molecular formula is C16H18ClN3O2S. The number of benzene rings is 1. The van der Waals surface area contributed by atoms with Gasteiger partial charge < -0.3 is 15.4 Å². The van der Waals surface area contributed by atoms with Gasteiger partial charge in [0.15, 0.2) is 5.13 Å². The number of morpholine rings is 1. The number of carbonyl (C=O) groups is 1. The second-order valence-corrected chi connectivity index (χ2v) is 7.00. The van der Waals surface area contributed by atoms with Crippen LogP contribution in [0.3, 0.4) is 0 Å². The smallest absolute Gasteiger partial charge is 0.245 e. The fourth-order valence-electron chi connectivity index (χ4n) is 2.42. The van der Waals surface area contributed by atoms with Gasteiger partial charge in [-0.25, -0.2) is 4.98 Å². The summed E-state index contributed by atoms with van der Waals surface area (Å²) in [4.78, 5) is 17.5. The predicted octanol–water partition coefficient (Wildman–Crippen LogP) is 2.62. The molecule has 5 nitrogen and oxygen atoms in total. The summed E-state index contributed by atoms with van der Waals surface area (Å²) >= 11 is 7.47. The zero-order valence-corrected chi connectivity index (χ0v) is 14.3. The van der Waals surface area contributed by atoms with E-state index < -0.39 is 0 Å². The van der Waals surface area contributed by atoms with Crippen molar-refractivity contribution in [2.45, 2.75) is 19.4 Å². The minimum atomic E-state index is -0.311. The molecule has 23 heavy (non-hydrogen) atoms. The summed E-state index contributed by atoms with van der Waals surface area (Å²) in [5, 5.41) is 7.33. The number of aryl methyl sites for hydroxylation is 1. The Morgan fingerprint density at radius 1 is 1.57 bits per heavy atom. The van der Waals surface area contributed by atoms with Crippen molar-refractivity contribution < 1.29 is 9.53 Å². The molecule has 1 aromatic heterocycles. The molecule has 1 saturated heterocycles. The van der Waals surface area contributed by atoms with Crippen molar-refractivity contribution in [1.82, 2.24) is 10.3 Å². The Morgan fingerprint density at radius 3 is 3.17 bits per heavy atom. The van der Waals surface area contributed by atoms with Gasteiger partial charge in [-0.3, -0.25) is 4.79 Å². The lowest BCUT2D eigenvalue weighted by Gasteiger charge is -2.22. The fourth-order valence-corrected chi connectivity index (χ4v) is 3.48. The van der Waals surface area contributed by atoms with Crippen molar-refractivity contribution in [3.63, 3.8) is 0 Å². The number of hydrogen-bond acceptors (Lipinski definition) is 5. The van der Waals surface area contributed by atoms with Crippen LogP contribution in [-0.2, 0) is 16.0 Å². The summed E-state index contributed by atoms with van der Waals surface area (Å²) in [6.45, 7) is 3.77. The molecule has 1 aliphatic rings. The maximum Gasteiger partial charge on any atom is 0.245 e. The number of anilines is 1. The van der Waals surface area contributed by atoms with Gasteiger partial charge in [0.05, 0.1) is 13.2 Å². The van der Waals surface area contributed by atoms with E-state index in [0.29, 0.717) is 24.9 Å². The first-order chi connectivity index (χ1) is 11.1. The lowest BCUT2D eigenvalue weighted by atomic mass is 10.1. The third-order valence-corrected chi connectivity index (χ3v) is 4.84. The second kappa shape index (κ2) is 7.40. The predicted molar refractivity (Wildman–Crippen MR) is 92.3 cm³/mol. The third-order valence-electron chi connectivity index (χ3n) is 3.69. The van der Waals surface area contributed by atoms with Crippen LogP contribution in [-0.4, -0.2) is 36.7 Å². The molecule has 1 amide bonds. The van der Waals surface area contributed by atoms with Crippen molar-refractivity contribution in [3.05, 3.63) is 45.4 Å². The van der Waals surface area contributed by atoms with Gasteiger partial charge in [0.25, 0.3) is 0 Å². The average molecular weight is 352 g/mol. The lowest BCUT2D eigenvalue weighted by Crippen LogP contribution is -2.48. The first-order valence-electron chi connectivity index (χ1n) is 7.43. The van der Waals surface area contributed by atoms with Gasteiger partial charge in [0, 0.05) is 29.1 Å². The van der Waals surface area contributed by atoms with E-state index in [9.17, 15) is 4.79 Å². The molecule has 1 aliphatic heterocycles. The van der Waals surface area contributed by atoms with Gasteiger partial charge in [-0.15, -0.1) is 11.3 Å². The van der Waals surface area contributed by atoms with E-state index in [1.807, 2.05) is 25.1 Å². The van der Waals surface area contributed by atoms with Crippen LogP contribution in [0.25, 0.3) is 0 Å². The van der Waals surface area contributed by atoms with Crippen LogP contribution in [0.15, 0.2) is 24.4 Å². The molecular weight excluding hydrogens is 334 g/mol. The van der Waals surface area contributed by atoms with E-state index >= 15 is 0 Å². The first-order valence-corrected chi connectivity index (χ1v) is 8.63. The van der Waals surface area contributed by atoms with Crippen LogP contribution in [0, 0.1) is 6.92 Å². The number of nitrogens with zero attached hydrogens (tertiary/aromatic N) is 1. The Morgan fingerprint density at radius 2 is 2.43 bits per heavy atom. The van der Waals surface area contributed by atoms with Gasteiger partial charge in [0.2, 0.25) is 5.91 Å². The summed E-state index contributed by atoms with van der Waals surface area (Å²) in [6, 6.07) is 5.56. The molecule has 0 bridgehead atoms. The van der Waals surface area contributed by atoms with E-state index in [0.717, 1.165) is 21.9 Å². The van der Waals surface area contributed by atoms with Crippen LogP contribution in [0.2, 0.25) is 5.02 Å². The zero-order valence-electron chi connectivity index (χ0n) is 12.8. The van der Waals surface area contributed by atoms with E-state index in [-0.39, 0.29) is 11.9 Å². The first kappa shape index (κ1) is 16.4. The molecule has 3 rings (SSSR count). The van der Waals surface area contributed by atoms with Crippen molar-refractivity contribution in [2.24, 2.45) is 0 Å². The third kappa shape index (κ3) is 4.29.